The number of rotatable bonds is 9. The van der Waals surface area contributed by atoms with Crippen molar-refractivity contribution in [2.45, 2.75) is 38.8 Å². The minimum absolute atomic E-state index is 0. The van der Waals surface area contributed by atoms with Crippen LogP contribution in [0.2, 0.25) is 0 Å². The maximum absolute atomic E-state index is 6.39. The van der Waals surface area contributed by atoms with Crippen LogP contribution in [0.15, 0.2) is 42.5 Å². The first-order valence-corrected chi connectivity index (χ1v) is 8.37. The molecule has 2 aromatic rings. The number of halogens is 1. The third-order valence-electron chi connectivity index (χ3n) is 4.02. The number of hydrogen-bond donors (Lipinski definition) is 1. The highest BCUT2D eigenvalue weighted by molar-refractivity contribution is 5.85. The molecular formula is C20H28ClNO3. The maximum Gasteiger partial charge on any atom is 0.164 e. The van der Waals surface area contributed by atoms with Crippen molar-refractivity contribution in [3.05, 3.63) is 53.6 Å². The number of unbranched alkanes of at least 4 members (excludes halogenated alkanes) is 1. The van der Waals surface area contributed by atoms with Gasteiger partial charge in [-0.2, -0.15) is 0 Å². The molecule has 4 nitrogen and oxygen atoms in total. The molecule has 0 radical (unpaired) electrons. The van der Waals surface area contributed by atoms with Crippen molar-refractivity contribution >= 4 is 12.4 Å². The smallest absolute Gasteiger partial charge is 0.164 e. The Bertz CT molecular complexity index is 634. The van der Waals surface area contributed by atoms with E-state index in [1.54, 1.807) is 14.2 Å². The van der Waals surface area contributed by atoms with E-state index in [-0.39, 0.29) is 18.4 Å². The summed E-state index contributed by atoms with van der Waals surface area (Å²) in [6, 6.07) is 13.8. The van der Waals surface area contributed by atoms with E-state index in [1.807, 2.05) is 42.5 Å². The van der Waals surface area contributed by atoms with E-state index in [0.29, 0.717) is 18.1 Å². The van der Waals surface area contributed by atoms with E-state index in [9.17, 15) is 0 Å². The minimum atomic E-state index is -0.0875. The Morgan fingerprint density at radius 2 is 1.60 bits per heavy atom. The number of methoxy groups -OCH3 is 2. The Balaban J connectivity index is 0.00000312. The topological polar surface area (TPSA) is 53.7 Å². The minimum Gasteiger partial charge on any atom is -0.493 e. The summed E-state index contributed by atoms with van der Waals surface area (Å²) in [7, 11) is 3.25. The Kier molecular flexibility index (Phi) is 9.17. The van der Waals surface area contributed by atoms with Gasteiger partial charge in [-0.25, -0.2) is 0 Å². The second-order valence-corrected chi connectivity index (χ2v) is 5.77. The van der Waals surface area contributed by atoms with Crippen molar-refractivity contribution in [2.24, 2.45) is 5.73 Å². The molecule has 0 saturated carbocycles. The summed E-state index contributed by atoms with van der Waals surface area (Å²) in [4.78, 5) is 0. The second kappa shape index (κ2) is 10.9. The molecule has 0 aliphatic rings. The summed E-state index contributed by atoms with van der Waals surface area (Å²) < 4.78 is 16.9. The van der Waals surface area contributed by atoms with Crippen molar-refractivity contribution in [2.75, 3.05) is 14.2 Å². The van der Waals surface area contributed by atoms with Crippen LogP contribution < -0.4 is 19.9 Å². The Hall–Kier alpha value is -1.91. The van der Waals surface area contributed by atoms with Crippen LogP contribution in [0.3, 0.4) is 0 Å². The van der Waals surface area contributed by atoms with Gasteiger partial charge in [0, 0.05) is 17.7 Å². The van der Waals surface area contributed by atoms with Crippen LogP contribution in [0.1, 0.15) is 43.4 Å². The highest BCUT2D eigenvalue weighted by Crippen LogP contribution is 2.38. The molecule has 2 aromatic carbocycles. The Morgan fingerprint density at radius 3 is 2.20 bits per heavy atom. The van der Waals surface area contributed by atoms with Crippen molar-refractivity contribution < 1.29 is 14.2 Å². The SMILES string of the molecule is CCCC[C@@H](N)c1cc(OC)c(OC)cc1OCc1ccccc1.Cl. The summed E-state index contributed by atoms with van der Waals surface area (Å²) in [6.45, 7) is 2.65. The summed E-state index contributed by atoms with van der Waals surface area (Å²) in [5.74, 6) is 2.07. The molecule has 0 aliphatic carbocycles. The van der Waals surface area contributed by atoms with E-state index in [0.717, 1.165) is 36.1 Å². The van der Waals surface area contributed by atoms with Gasteiger partial charge in [-0.1, -0.05) is 50.1 Å². The van der Waals surface area contributed by atoms with Gasteiger partial charge >= 0.3 is 0 Å². The Labute approximate surface area is 156 Å². The first kappa shape index (κ1) is 21.1. The number of benzene rings is 2. The molecule has 0 aromatic heterocycles. The van der Waals surface area contributed by atoms with Crippen LogP contribution in [0.25, 0.3) is 0 Å². The zero-order chi connectivity index (χ0) is 17.4. The summed E-state index contributed by atoms with van der Waals surface area (Å²) >= 11 is 0. The van der Waals surface area contributed by atoms with Crippen molar-refractivity contribution in [3.8, 4) is 17.2 Å². The third-order valence-corrected chi connectivity index (χ3v) is 4.02. The van der Waals surface area contributed by atoms with Gasteiger partial charge in [0.25, 0.3) is 0 Å². The fourth-order valence-corrected chi connectivity index (χ4v) is 2.61. The van der Waals surface area contributed by atoms with Gasteiger partial charge in [0.05, 0.1) is 14.2 Å². The molecule has 0 spiro atoms. The third kappa shape index (κ3) is 5.83. The zero-order valence-corrected chi connectivity index (χ0v) is 16.0. The molecule has 0 saturated heterocycles. The summed E-state index contributed by atoms with van der Waals surface area (Å²) in [5.41, 5.74) is 8.46. The van der Waals surface area contributed by atoms with Crippen LogP contribution in [-0.4, -0.2) is 14.2 Å². The fourth-order valence-electron chi connectivity index (χ4n) is 2.61. The molecule has 2 N–H and O–H groups in total. The molecule has 2 rings (SSSR count). The first-order valence-electron chi connectivity index (χ1n) is 8.37. The number of nitrogens with two attached hydrogens (primary N) is 1. The first-order chi connectivity index (χ1) is 11.7. The molecule has 25 heavy (non-hydrogen) atoms. The normalized spacial score (nSPS) is 11.4. The van der Waals surface area contributed by atoms with Gasteiger partial charge in [0.1, 0.15) is 12.4 Å². The molecule has 138 valence electrons. The quantitative estimate of drug-likeness (QED) is 0.687. The number of ether oxygens (including phenoxy) is 3. The predicted molar refractivity (Wildman–Crippen MR) is 104 cm³/mol. The second-order valence-electron chi connectivity index (χ2n) is 5.77. The van der Waals surface area contributed by atoms with E-state index in [1.165, 1.54) is 0 Å². The van der Waals surface area contributed by atoms with E-state index < -0.39 is 0 Å². The lowest BCUT2D eigenvalue weighted by Gasteiger charge is -2.20. The van der Waals surface area contributed by atoms with Crippen molar-refractivity contribution in [1.82, 2.24) is 0 Å². The van der Waals surface area contributed by atoms with E-state index in [4.69, 9.17) is 19.9 Å². The summed E-state index contributed by atoms with van der Waals surface area (Å²) in [6.07, 6.45) is 3.10. The molecule has 1 atom stereocenters. The van der Waals surface area contributed by atoms with Gasteiger partial charge < -0.3 is 19.9 Å². The fraction of sp³-hybridized carbons (Fsp3) is 0.400. The highest BCUT2D eigenvalue weighted by atomic mass is 35.5. The van der Waals surface area contributed by atoms with Gasteiger partial charge in [-0.05, 0) is 18.1 Å². The van der Waals surface area contributed by atoms with Gasteiger partial charge in [-0.15, -0.1) is 12.4 Å². The van der Waals surface area contributed by atoms with Crippen LogP contribution >= 0.6 is 12.4 Å². The summed E-state index contributed by atoms with van der Waals surface area (Å²) in [5, 5.41) is 0. The van der Waals surface area contributed by atoms with Crippen LogP contribution in [0.4, 0.5) is 0 Å². The standard InChI is InChI=1S/C20H27NO3.ClH/c1-4-5-11-17(21)16-12-19(22-2)20(23-3)13-18(16)24-14-15-9-7-6-8-10-15;/h6-10,12-13,17H,4-5,11,14,21H2,1-3H3;1H/t17-;/m1./s1. The molecule has 5 heteroatoms. The monoisotopic (exact) mass is 365 g/mol. The molecule has 0 aliphatic heterocycles. The molecule has 0 bridgehead atoms. The highest BCUT2D eigenvalue weighted by Gasteiger charge is 2.17. The van der Waals surface area contributed by atoms with Gasteiger partial charge in [0.15, 0.2) is 11.5 Å². The van der Waals surface area contributed by atoms with Crippen LogP contribution in [0, 0.1) is 0 Å². The lowest BCUT2D eigenvalue weighted by Crippen LogP contribution is -2.13. The van der Waals surface area contributed by atoms with E-state index >= 15 is 0 Å². The molecule has 0 unspecified atom stereocenters. The molecule has 0 heterocycles. The maximum atomic E-state index is 6.39. The molecule has 0 fully saturated rings. The van der Waals surface area contributed by atoms with Gasteiger partial charge in [-0.3, -0.25) is 0 Å². The zero-order valence-electron chi connectivity index (χ0n) is 15.2. The van der Waals surface area contributed by atoms with Crippen molar-refractivity contribution in [3.63, 3.8) is 0 Å². The predicted octanol–water partition coefficient (Wildman–Crippen LogP) is 4.89. The Morgan fingerprint density at radius 1 is 0.960 bits per heavy atom. The van der Waals surface area contributed by atoms with Crippen LogP contribution in [-0.2, 0) is 6.61 Å². The lowest BCUT2D eigenvalue weighted by molar-refractivity contribution is 0.294. The molecular weight excluding hydrogens is 338 g/mol. The average molecular weight is 366 g/mol. The largest absolute Gasteiger partial charge is 0.493 e. The molecule has 0 amide bonds. The van der Waals surface area contributed by atoms with Crippen molar-refractivity contribution in [1.29, 1.82) is 0 Å². The number of hydrogen-bond acceptors (Lipinski definition) is 4. The van der Waals surface area contributed by atoms with Gasteiger partial charge in [0.2, 0.25) is 0 Å². The van der Waals surface area contributed by atoms with E-state index in [2.05, 4.69) is 6.92 Å². The average Bonchev–Trinajstić information content (AvgIpc) is 2.64. The lowest BCUT2D eigenvalue weighted by atomic mass is 10.0. The van der Waals surface area contributed by atoms with Crippen LogP contribution in [0.5, 0.6) is 17.2 Å².